The van der Waals surface area contributed by atoms with E-state index in [9.17, 15) is 13.2 Å². The molecule has 7 nitrogen and oxygen atoms in total. The minimum Gasteiger partial charge on any atom is -0.486 e. The minimum atomic E-state index is -3.31. The van der Waals surface area contributed by atoms with Gasteiger partial charge in [-0.3, -0.25) is 4.79 Å². The second-order valence-corrected chi connectivity index (χ2v) is 9.59. The second-order valence-electron chi connectivity index (χ2n) is 6.61. The Morgan fingerprint density at radius 1 is 1.10 bits per heavy atom. The molecule has 0 aliphatic carbocycles. The summed E-state index contributed by atoms with van der Waals surface area (Å²) in [6, 6.07) is 14.1. The first-order valence-electron chi connectivity index (χ1n) is 9.26. The van der Waals surface area contributed by atoms with Crippen LogP contribution >= 0.6 is 11.3 Å². The van der Waals surface area contributed by atoms with Crippen LogP contribution in [0.1, 0.15) is 32.2 Å². The van der Waals surface area contributed by atoms with Crippen molar-refractivity contribution in [2.75, 3.05) is 7.05 Å². The number of nitrogens with zero attached hydrogens (tertiary/aromatic N) is 1. The Bertz CT molecular complexity index is 1110. The van der Waals surface area contributed by atoms with Gasteiger partial charge in [0.15, 0.2) is 0 Å². The number of carbonyl (C=O) groups is 1. The first-order chi connectivity index (χ1) is 14.4. The molecule has 158 valence electrons. The number of carbonyl (C=O) groups excluding carboxylic acids is 1. The summed E-state index contributed by atoms with van der Waals surface area (Å²) in [4.78, 5) is 17.0. The van der Waals surface area contributed by atoms with Gasteiger partial charge in [-0.05, 0) is 37.2 Å². The fourth-order valence-corrected chi connectivity index (χ4v) is 4.10. The average Bonchev–Trinajstić information content (AvgIpc) is 3.16. The van der Waals surface area contributed by atoms with Crippen molar-refractivity contribution in [1.82, 2.24) is 15.0 Å². The maximum Gasteiger partial charge on any atom is 0.255 e. The number of ether oxygens (including phenoxy) is 1. The van der Waals surface area contributed by atoms with E-state index in [0.29, 0.717) is 30.0 Å². The molecule has 9 heteroatoms. The van der Waals surface area contributed by atoms with E-state index >= 15 is 0 Å². The van der Waals surface area contributed by atoms with E-state index in [2.05, 4.69) is 15.0 Å². The molecule has 0 radical (unpaired) electrons. The van der Waals surface area contributed by atoms with Crippen molar-refractivity contribution in [3.63, 3.8) is 0 Å². The second kappa shape index (κ2) is 9.84. The fourth-order valence-electron chi connectivity index (χ4n) is 2.73. The van der Waals surface area contributed by atoms with Crippen LogP contribution in [-0.4, -0.2) is 26.4 Å². The van der Waals surface area contributed by atoms with Crippen molar-refractivity contribution < 1.29 is 17.9 Å². The van der Waals surface area contributed by atoms with Crippen LogP contribution in [0.25, 0.3) is 0 Å². The maximum absolute atomic E-state index is 12.7. The van der Waals surface area contributed by atoms with Crippen LogP contribution in [0.4, 0.5) is 0 Å². The fraction of sp³-hybridized carbons (Fsp3) is 0.238. The predicted molar refractivity (Wildman–Crippen MR) is 117 cm³/mol. The number of amides is 1. The zero-order valence-corrected chi connectivity index (χ0v) is 18.3. The van der Waals surface area contributed by atoms with Crippen molar-refractivity contribution in [2.45, 2.75) is 25.8 Å². The van der Waals surface area contributed by atoms with Crippen LogP contribution in [0.5, 0.6) is 5.75 Å². The van der Waals surface area contributed by atoms with Crippen molar-refractivity contribution >= 4 is 27.3 Å². The Balaban J connectivity index is 1.59. The number of aryl methyl sites for hydroxylation is 1. The molecular weight excluding hydrogens is 422 g/mol. The quantitative estimate of drug-likeness (QED) is 0.528. The van der Waals surface area contributed by atoms with Crippen LogP contribution in [0.2, 0.25) is 0 Å². The summed E-state index contributed by atoms with van der Waals surface area (Å²) in [5.74, 6) is 0.162. The molecule has 0 fully saturated rings. The number of rotatable bonds is 9. The standard InChI is InChI=1S/C21H23N3O4S2/c1-15-24-18(13-29-15)12-28-20-6-4-3-5-19(20)21(25)23-11-16-7-9-17(10-8-16)14-30(26,27)22-2/h3-10,13,22H,11-12,14H2,1-2H3,(H,23,25). The van der Waals surface area contributed by atoms with Gasteiger partial charge in [-0.2, -0.15) is 0 Å². The maximum atomic E-state index is 12.7. The van der Waals surface area contributed by atoms with Crippen LogP contribution in [0.15, 0.2) is 53.9 Å². The summed E-state index contributed by atoms with van der Waals surface area (Å²) in [5, 5.41) is 5.77. The molecule has 0 atom stereocenters. The topological polar surface area (TPSA) is 97.4 Å². The van der Waals surface area contributed by atoms with Crippen molar-refractivity contribution in [3.05, 3.63) is 81.3 Å². The number of hydrogen-bond acceptors (Lipinski definition) is 6. The lowest BCUT2D eigenvalue weighted by Crippen LogP contribution is -2.23. The third kappa shape index (κ3) is 6.12. The molecule has 0 aliphatic heterocycles. The number of para-hydroxylation sites is 1. The van der Waals surface area contributed by atoms with E-state index in [1.165, 1.54) is 7.05 Å². The smallest absolute Gasteiger partial charge is 0.255 e. The van der Waals surface area contributed by atoms with E-state index in [0.717, 1.165) is 16.3 Å². The highest BCUT2D eigenvalue weighted by Gasteiger charge is 2.13. The van der Waals surface area contributed by atoms with Gasteiger partial charge in [-0.1, -0.05) is 36.4 Å². The number of aromatic nitrogens is 1. The van der Waals surface area contributed by atoms with Crippen LogP contribution in [0, 0.1) is 6.92 Å². The third-order valence-corrected chi connectivity index (χ3v) is 6.48. The van der Waals surface area contributed by atoms with Crippen LogP contribution < -0.4 is 14.8 Å². The largest absolute Gasteiger partial charge is 0.486 e. The van der Waals surface area contributed by atoms with Crippen molar-refractivity contribution in [3.8, 4) is 5.75 Å². The van der Waals surface area contributed by atoms with Gasteiger partial charge >= 0.3 is 0 Å². The number of sulfonamides is 1. The monoisotopic (exact) mass is 445 g/mol. The molecule has 2 N–H and O–H groups in total. The molecule has 1 heterocycles. The average molecular weight is 446 g/mol. The Labute approximate surface area is 180 Å². The van der Waals surface area contributed by atoms with E-state index in [-0.39, 0.29) is 11.7 Å². The SMILES string of the molecule is CNS(=O)(=O)Cc1ccc(CNC(=O)c2ccccc2OCc2csc(C)n2)cc1. The van der Waals surface area contributed by atoms with Gasteiger partial charge < -0.3 is 10.1 Å². The summed E-state index contributed by atoms with van der Waals surface area (Å²) >= 11 is 1.55. The molecule has 2 aromatic carbocycles. The van der Waals surface area contributed by atoms with Crippen LogP contribution in [0.3, 0.4) is 0 Å². The first-order valence-corrected chi connectivity index (χ1v) is 11.8. The summed E-state index contributed by atoms with van der Waals surface area (Å²) in [5.41, 5.74) is 2.81. The van der Waals surface area contributed by atoms with Gasteiger partial charge in [-0.25, -0.2) is 18.1 Å². The van der Waals surface area contributed by atoms with Gasteiger partial charge in [0.1, 0.15) is 12.4 Å². The van der Waals surface area contributed by atoms with Gasteiger partial charge in [0.25, 0.3) is 5.91 Å². The summed E-state index contributed by atoms with van der Waals surface area (Å²) < 4.78 is 31.3. The highest BCUT2D eigenvalue weighted by Crippen LogP contribution is 2.20. The van der Waals surface area contributed by atoms with Gasteiger partial charge in [-0.15, -0.1) is 11.3 Å². The van der Waals surface area contributed by atoms with E-state index in [1.54, 1.807) is 53.8 Å². The van der Waals surface area contributed by atoms with E-state index in [1.807, 2.05) is 18.4 Å². The van der Waals surface area contributed by atoms with Crippen LogP contribution in [-0.2, 0) is 28.9 Å². The van der Waals surface area contributed by atoms with Crippen molar-refractivity contribution in [2.24, 2.45) is 0 Å². The first kappa shape index (κ1) is 21.9. The molecule has 1 aromatic heterocycles. The zero-order valence-electron chi connectivity index (χ0n) is 16.7. The molecule has 3 aromatic rings. The molecular formula is C21H23N3O4S2. The lowest BCUT2D eigenvalue weighted by molar-refractivity contribution is 0.0946. The van der Waals surface area contributed by atoms with E-state index in [4.69, 9.17) is 4.74 Å². The third-order valence-electron chi connectivity index (χ3n) is 4.32. The van der Waals surface area contributed by atoms with Gasteiger partial charge in [0, 0.05) is 11.9 Å². The summed E-state index contributed by atoms with van der Waals surface area (Å²) in [6.45, 7) is 2.55. The number of thiazole rings is 1. The number of nitrogens with one attached hydrogen (secondary N) is 2. The normalized spacial score (nSPS) is 11.3. The summed E-state index contributed by atoms with van der Waals surface area (Å²) in [7, 11) is -1.93. The Morgan fingerprint density at radius 2 is 1.80 bits per heavy atom. The number of hydrogen-bond donors (Lipinski definition) is 2. The minimum absolute atomic E-state index is 0.0840. The highest BCUT2D eigenvalue weighted by molar-refractivity contribution is 7.88. The van der Waals surface area contributed by atoms with Gasteiger partial charge in [0.2, 0.25) is 10.0 Å². The lowest BCUT2D eigenvalue weighted by atomic mass is 10.1. The molecule has 0 saturated heterocycles. The molecule has 3 rings (SSSR count). The Hall–Kier alpha value is -2.75. The molecule has 0 unspecified atom stereocenters. The predicted octanol–water partition coefficient (Wildman–Crippen LogP) is 3.01. The van der Waals surface area contributed by atoms with Gasteiger partial charge in [0.05, 0.1) is 22.0 Å². The Kier molecular flexibility index (Phi) is 7.20. The lowest BCUT2D eigenvalue weighted by Gasteiger charge is -2.11. The molecule has 30 heavy (non-hydrogen) atoms. The highest BCUT2D eigenvalue weighted by atomic mass is 32.2. The molecule has 1 amide bonds. The van der Waals surface area contributed by atoms with Crippen molar-refractivity contribution in [1.29, 1.82) is 0 Å². The number of benzene rings is 2. The molecule has 0 spiro atoms. The zero-order chi connectivity index (χ0) is 21.6. The van der Waals surface area contributed by atoms with E-state index < -0.39 is 10.0 Å². The molecule has 0 saturated carbocycles. The molecule has 0 bridgehead atoms. The summed E-state index contributed by atoms with van der Waals surface area (Å²) in [6.07, 6.45) is 0. The Morgan fingerprint density at radius 3 is 2.47 bits per heavy atom. The molecule has 0 aliphatic rings.